The molecular formula is C12H17FN2O2S. The Kier molecular flexibility index (Phi) is 3.59. The molecule has 0 amide bonds. The van der Waals surface area contributed by atoms with Crippen LogP contribution in [-0.4, -0.2) is 37.4 Å². The second-order valence-electron chi connectivity index (χ2n) is 4.74. The van der Waals surface area contributed by atoms with Gasteiger partial charge >= 0.3 is 0 Å². The second-order valence-corrected chi connectivity index (χ2v) is 6.97. The summed E-state index contributed by atoms with van der Waals surface area (Å²) < 4.78 is 36.6. The molecule has 1 aliphatic rings. The van der Waals surface area contributed by atoms with Gasteiger partial charge in [-0.3, -0.25) is 4.90 Å². The summed E-state index contributed by atoms with van der Waals surface area (Å²) in [6.45, 7) is 2.63. The Morgan fingerprint density at radius 1 is 1.50 bits per heavy atom. The number of hydrogen-bond donors (Lipinski definition) is 1. The molecule has 0 spiro atoms. The molecule has 1 aromatic rings. The van der Waals surface area contributed by atoms with Gasteiger partial charge in [0.15, 0.2) is 9.84 Å². The topological polar surface area (TPSA) is 63.4 Å². The van der Waals surface area contributed by atoms with Crippen LogP contribution in [-0.2, 0) is 16.4 Å². The fourth-order valence-electron chi connectivity index (χ4n) is 2.21. The van der Waals surface area contributed by atoms with E-state index in [0.717, 1.165) is 0 Å². The lowest BCUT2D eigenvalue weighted by Gasteiger charge is -2.33. The molecule has 1 saturated heterocycles. The minimum Gasteiger partial charge on any atom is -0.398 e. The zero-order chi connectivity index (χ0) is 13.3. The molecule has 0 bridgehead atoms. The predicted molar refractivity (Wildman–Crippen MR) is 69.3 cm³/mol. The van der Waals surface area contributed by atoms with Crippen LogP contribution in [0.2, 0.25) is 0 Å². The highest BCUT2D eigenvalue weighted by Crippen LogP contribution is 2.21. The fraction of sp³-hybridized carbons (Fsp3) is 0.500. The molecule has 18 heavy (non-hydrogen) atoms. The normalized spacial score (nSPS) is 24.0. The van der Waals surface area contributed by atoms with E-state index in [4.69, 9.17) is 5.73 Å². The average molecular weight is 272 g/mol. The molecule has 4 nitrogen and oxygen atoms in total. The highest BCUT2D eigenvalue weighted by Gasteiger charge is 2.28. The molecule has 1 aromatic carbocycles. The third-order valence-corrected chi connectivity index (χ3v) is 5.12. The summed E-state index contributed by atoms with van der Waals surface area (Å²) in [4.78, 5) is 1.95. The molecule has 0 saturated carbocycles. The summed E-state index contributed by atoms with van der Waals surface area (Å²) in [5.41, 5.74) is 6.61. The monoisotopic (exact) mass is 272 g/mol. The van der Waals surface area contributed by atoms with E-state index in [-0.39, 0.29) is 23.4 Å². The number of rotatable bonds is 2. The minimum absolute atomic E-state index is 0.109. The summed E-state index contributed by atoms with van der Waals surface area (Å²) in [5.74, 6) is -0.0804. The maximum absolute atomic E-state index is 13.7. The first kappa shape index (κ1) is 13.3. The number of nitrogens with zero attached hydrogens (tertiary/aromatic N) is 1. The summed E-state index contributed by atoms with van der Waals surface area (Å²) in [5, 5.41) is 0. The van der Waals surface area contributed by atoms with Gasteiger partial charge in [0.1, 0.15) is 5.82 Å². The van der Waals surface area contributed by atoms with Crippen molar-refractivity contribution in [3.05, 3.63) is 29.6 Å². The molecular weight excluding hydrogens is 255 g/mol. The minimum atomic E-state index is -2.94. The Bertz CT molecular complexity index is 525. The van der Waals surface area contributed by atoms with Crippen LogP contribution >= 0.6 is 0 Å². The highest BCUT2D eigenvalue weighted by atomic mass is 32.2. The van der Waals surface area contributed by atoms with Crippen LogP contribution in [0.3, 0.4) is 0 Å². The van der Waals surface area contributed by atoms with Crippen molar-refractivity contribution >= 4 is 15.5 Å². The number of hydrogen-bond acceptors (Lipinski definition) is 4. The second kappa shape index (κ2) is 4.85. The molecule has 0 aliphatic carbocycles. The lowest BCUT2D eigenvalue weighted by Crippen LogP contribution is -2.46. The van der Waals surface area contributed by atoms with E-state index in [9.17, 15) is 12.8 Å². The molecule has 0 aromatic heterocycles. The number of nitrogens with two attached hydrogens (primary N) is 1. The predicted octanol–water partition coefficient (Wildman–Crippen LogP) is 1.03. The van der Waals surface area contributed by atoms with Gasteiger partial charge in [-0.1, -0.05) is 6.07 Å². The molecule has 1 atom stereocenters. The van der Waals surface area contributed by atoms with Crippen molar-refractivity contribution in [2.45, 2.75) is 19.5 Å². The van der Waals surface area contributed by atoms with Gasteiger partial charge in [-0.05, 0) is 19.1 Å². The lowest BCUT2D eigenvalue weighted by molar-refractivity contribution is 0.216. The molecule has 1 aliphatic heterocycles. The van der Waals surface area contributed by atoms with Crippen molar-refractivity contribution in [3.8, 4) is 0 Å². The summed E-state index contributed by atoms with van der Waals surface area (Å²) >= 11 is 0. The van der Waals surface area contributed by atoms with Gasteiger partial charge in [0.05, 0.1) is 11.5 Å². The number of benzene rings is 1. The first-order valence-corrected chi connectivity index (χ1v) is 7.68. The quantitative estimate of drug-likeness (QED) is 0.817. The van der Waals surface area contributed by atoms with Gasteiger partial charge in [-0.15, -0.1) is 0 Å². The molecule has 0 radical (unpaired) electrons. The van der Waals surface area contributed by atoms with E-state index in [1.165, 1.54) is 6.07 Å². The Morgan fingerprint density at radius 2 is 2.22 bits per heavy atom. The van der Waals surface area contributed by atoms with Crippen LogP contribution in [0.4, 0.5) is 10.1 Å². The van der Waals surface area contributed by atoms with Crippen LogP contribution in [0.25, 0.3) is 0 Å². The Labute approximate surface area is 107 Å². The standard InChI is InChI=1S/C12H17FN2O2S/c1-9-8-18(16,17)6-5-15(9)7-10-11(13)3-2-4-12(10)14/h2-4,9H,5-8,14H2,1H3. The molecule has 6 heteroatoms. The van der Waals surface area contributed by atoms with Crippen LogP contribution in [0.15, 0.2) is 18.2 Å². The average Bonchev–Trinajstić information content (AvgIpc) is 2.25. The van der Waals surface area contributed by atoms with Crippen LogP contribution in [0.1, 0.15) is 12.5 Å². The maximum atomic E-state index is 13.7. The van der Waals surface area contributed by atoms with Crippen molar-refractivity contribution in [2.75, 3.05) is 23.8 Å². The fourth-order valence-corrected chi connectivity index (χ4v) is 3.84. The van der Waals surface area contributed by atoms with E-state index >= 15 is 0 Å². The molecule has 1 heterocycles. The third kappa shape index (κ3) is 2.81. The Hall–Kier alpha value is -1.14. The van der Waals surface area contributed by atoms with Gasteiger partial charge in [0.25, 0.3) is 0 Å². The van der Waals surface area contributed by atoms with Crippen molar-refractivity contribution in [3.63, 3.8) is 0 Å². The largest absolute Gasteiger partial charge is 0.398 e. The van der Waals surface area contributed by atoms with Crippen molar-refractivity contribution in [1.29, 1.82) is 0 Å². The smallest absolute Gasteiger partial charge is 0.153 e. The van der Waals surface area contributed by atoms with Gasteiger partial charge in [-0.2, -0.15) is 0 Å². The Morgan fingerprint density at radius 3 is 2.83 bits per heavy atom. The number of halogens is 1. The van der Waals surface area contributed by atoms with E-state index in [0.29, 0.717) is 24.3 Å². The van der Waals surface area contributed by atoms with E-state index in [1.807, 2.05) is 11.8 Å². The van der Waals surface area contributed by atoms with Crippen molar-refractivity contribution in [2.24, 2.45) is 0 Å². The van der Waals surface area contributed by atoms with E-state index in [1.54, 1.807) is 12.1 Å². The maximum Gasteiger partial charge on any atom is 0.153 e. The molecule has 1 fully saturated rings. The van der Waals surface area contributed by atoms with Gasteiger partial charge in [0.2, 0.25) is 0 Å². The summed E-state index contributed by atoms with van der Waals surface area (Å²) in [7, 11) is -2.94. The highest BCUT2D eigenvalue weighted by molar-refractivity contribution is 7.91. The third-order valence-electron chi connectivity index (χ3n) is 3.32. The summed E-state index contributed by atoms with van der Waals surface area (Å²) in [6, 6.07) is 4.49. The lowest BCUT2D eigenvalue weighted by atomic mass is 10.1. The first-order chi connectivity index (χ1) is 8.39. The summed E-state index contributed by atoms with van der Waals surface area (Å²) in [6.07, 6.45) is 0. The number of anilines is 1. The molecule has 2 rings (SSSR count). The molecule has 2 N–H and O–H groups in total. The number of sulfone groups is 1. The van der Waals surface area contributed by atoms with Crippen LogP contribution < -0.4 is 5.73 Å². The van der Waals surface area contributed by atoms with Crippen LogP contribution in [0, 0.1) is 5.82 Å². The first-order valence-electron chi connectivity index (χ1n) is 5.86. The van der Waals surface area contributed by atoms with E-state index < -0.39 is 9.84 Å². The van der Waals surface area contributed by atoms with Crippen LogP contribution in [0.5, 0.6) is 0 Å². The van der Waals surface area contributed by atoms with Gasteiger partial charge in [-0.25, -0.2) is 12.8 Å². The zero-order valence-electron chi connectivity index (χ0n) is 10.3. The molecule has 1 unspecified atom stereocenters. The SMILES string of the molecule is CC1CS(=O)(=O)CCN1Cc1c(N)cccc1F. The van der Waals surface area contributed by atoms with Crippen molar-refractivity contribution < 1.29 is 12.8 Å². The molecule has 100 valence electrons. The number of nitrogen functional groups attached to an aromatic ring is 1. The van der Waals surface area contributed by atoms with Crippen molar-refractivity contribution in [1.82, 2.24) is 4.90 Å². The van der Waals surface area contributed by atoms with E-state index in [2.05, 4.69) is 0 Å². The van der Waals surface area contributed by atoms with Gasteiger partial charge in [0, 0.05) is 30.4 Å². The van der Waals surface area contributed by atoms with Gasteiger partial charge < -0.3 is 5.73 Å². The zero-order valence-corrected chi connectivity index (χ0v) is 11.1. The Balaban J connectivity index is 2.15.